The minimum atomic E-state index is -2.43. The van der Waals surface area contributed by atoms with Gasteiger partial charge in [0.15, 0.2) is 14.5 Å². The number of aliphatic hydroxyl groups is 1. The predicted octanol–water partition coefficient (Wildman–Crippen LogP) is 1.48. The maximum Gasteiger partial charge on any atom is 0.330 e. The number of methoxy groups -OCH3 is 1. The average Bonchev–Trinajstić information content (AvgIpc) is 3.07. The van der Waals surface area contributed by atoms with Gasteiger partial charge in [-0.05, 0) is 32.0 Å². The van der Waals surface area contributed by atoms with Gasteiger partial charge in [-0.3, -0.25) is 19.1 Å². The first-order valence-electron chi connectivity index (χ1n) is 11.8. The normalized spacial score (nSPS) is 23.9. The summed E-state index contributed by atoms with van der Waals surface area (Å²) in [7, 11) is -0.891. The molecule has 1 fully saturated rings. The number of nitrogens with one attached hydrogen (secondary N) is 1. The van der Waals surface area contributed by atoms with Gasteiger partial charge >= 0.3 is 11.7 Å². The second-order valence-corrected chi connectivity index (χ2v) is 15.0. The summed E-state index contributed by atoms with van der Waals surface area (Å²) in [5.74, 6) is -0.577. The number of aryl methyl sites for hydroxylation is 1. The fraction of sp³-hybridized carbons (Fsp3) is 0.783. The van der Waals surface area contributed by atoms with Crippen molar-refractivity contribution in [2.75, 3.05) is 26.9 Å². The maximum atomic E-state index is 12.7. The van der Waals surface area contributed by atoms with Crippen LogP contribution in [0.3, 0.4) is 0 Å². The van der Waals surface area contributed by atoms with E-state index in [4.69, 9.17) is 23.4 Å². The van der Waals surface area contributed by atoms with Crippen LogP contribution in [0, 0.1) is 6.92 Å². The molecular formula is C23H40N2O9Si. The molecule has 2 heterocycles. The van der Waals surface area contributed by atoms with Gasteiger partial charge in [0.25, 0.3) is 5.56 Å². The Balaban J connectivity index is 2.55. The highest BCUT2D eigenvalue weighted by molar-refractivity contribution is 6.74. The van der Waals surface area contributed by atoms with E-state index >= 15 is 0 Å². The highest BCUT2D eigenvalue weighted by Crippen LogP contribution is 2.42. The van der Waals surface area contributed by atoms with Gasteiger partial charge in [0.2, 0.25) is 0 Å². The summed E-state index contributed by atoms with van der Waals surface area (Å²) in [6.07, 6.45) is -3.85. The second kappa shape index (κ2) is 11.9. The number of nitrogens with zero attached hydrogens (tertiary/aromatic N) is 1. The Morgan fingerprint density at radius 3 is 2.49 bits per heavy atom. The van der Waals surface area contributed by atoms with Crippen LogP contribution < -0.4 is 11.2 Å². The van der Waals surface area contributed by atoms with E-state index in [1.807, 2.05) is 0 Å². The molecule has 12 heteroatoms. The molecule has 0 spiro atoms. The molecule has 1 saturated heterocycles. The highest BCUT2D eigenvalue weighted by Gasteiger charge is 2.54. The SMILES string of the molecule is CCOC(=O)C[C@H](O)[C@H]1O[C@@H](n2cc(C)c(=O)[nH]c2=O)C(OCCOC)C1O[Si](C)(C)C(C)(C)C. The highest BCUT2D eigenvalue weighted by atomic mass is 28.4. The molecule has 2 unspecified atom stereocenters. The Hall–Kier alpha value is -1.83. The van der Waals surface area contributed by atoms with Gasteiger partial charge in [0, 0.05) is 18.9 Å². The van der Waals surface area contributed by atoms with E-state index in [0.717, 1.165) is 0 Å². The van der Waals surface area contributed by atoms with E-state index in [2.05, 4.69) is 38.8 Å². The number of ether oxygens (including phenoxy) is 4. The molecule has 0 amide bonds. The zero-order valence-electron chi connectivity index (χ0n) is 22.0. The van der Waals surface area contributed by atoms with Crippen LogP contribution in [0.4, 0.5) is 0 Å². The van der Waals surface area contributed by atoms with E-state index in [0.29, 0.717) is 5.56 Å². The number of carbonyl (C=O) groups excluding carboxylic acids is 1. The lowest BCUT2D eigenvalue weighted by molar-refractivity contribution is -0.150. The summed E-state index contributed by atoms with van der Waals surface area (Å²) in [6.45, 7) is 14.2. The molecule has 0 aliphatic carbocycles. The Kier molecular flexibility index (Phi) is 10.0. The van der Waals surface area contributed by atoms with Crippen molar-refractivity contribution in [1.29, 1.82) is 0 Å². The molecule has 0 saturated carbocycles. The predicted molar refractivity (Wildman–Crippen MR) is 131 cm³/mol. The monoisotopic (exact) mass is 516 g/mol. The van der Waals surface area contributed by atoms with Gasteiger partial charge in [-0.15, -0.1) is 0 Å². The topological polar surface area (TPSA) is 138 Å². The van der Waals surface area contributed by atoms with Crippen molar-refractivity contribution in [3.63, 3.8) is 0 Å². The summed E-state index contributed by atoms with van der Waals surface area (Å²) < 4.78 is 30.3. The van der Waals surface area contributed by atoms with Gasteiger partial charge in [-0.25, -0.2) is 4.79 Å². The molecule has 1 aliphatic rings. The van der Waals surface area contributed by atoms with Gasteiger partial charge in [-0.1, -0.05) is 20.8 Å². The number of hydrogen-bond donors (Lipinski definition) is 2. The fourth-order valence-electron chi connectivity index (χ4n) is 3.58. The zero-order valence-corrected chi connectivity index (χ0v) is 23.0. The minimum absolute atomic E-state index is 0.176. The van der Waals surface area contributed by atoms with Crippen LogP contribution in [0.1, 0.15) is 45.9 Å². The first-order valence-corrected chi connectivity index (χ1v) is 14.7. The lowest BCUT2D eigenvalue weighted by Crippen LogP contribution is -2.52. The smallest absolute Gasteiger partial charge is 0.330 e. The molecule has 0 aromatic carbocycles. The molecule has 2 rings (SSSR count). The average molecular weight is 517 g/mol. The maximum absolute atomic E-state index is 12.7. The first kappa shape index (κ1) is 29.4. The Morgan fingerprint density at radius 1 is 1.26 bits per heavy atom. The molecule has 5 atom stereocenters. The standard InChI is InChI=1S/C23H40N2O9Si/c1-9-31-16(27)12-15(26)17-18(34-35(7,8)23(3,4)5)19(32-11-10-30-6)21(33-17)25-13-14(2)20(28)24-22(25)29/h13,15,17-19,21,26H,9-12H2,1-8H3,(H,24,28,29)/t15-,17+,18?,19?,21+/m0/s1. The number of hydrogen-bond acceptors (Lipinski definition) is 9. The molecule has 1 aliphatic heterocycles. The molecule has 35 heavy (non-hydrogen) atoms. The summed E-state index contributed by atoms with van der Waals surface area (Å²) in [5, 5.41) is 10.8. The first-order chi connectivity index (χ1) is 16.2. The van der Waals surface area contributed by atoms with E-state index < -0.39 is 56.2 Å². The van der Waals surface area contributed by atoms with Crippen LogP contribution in [0.5, 0.6) is 0 Å². The van der Waals surface area contributed by atoms with Gasteiger partial charge in [0.05, 0.1) is 32.3 Å². The summed E-state index contributed by atoms with van der Waals surface area (Å²) >= 11 is 0. The number of esters is 1. The molecule has 0 radical (unpaired) electrons. The fourth-order valence-corrected chi connectivity index (χ4v) is 4.88. The number of H-pyrrole nitrogens is 1. The number of aliphatic hydroxyl groups excluding tert-OH is 1. The van der Waals surface area contributed by atoms with E-state index in [1.54, 1.807) is 13.8 Å². The van der Waals surface area contributed by atoms with Crippen LogP contribution in [0.15, 0.2) is 15.8 Å². The van der Waals surface area contributed by atoms with Crippen molar-refractivity contribution in [3.05, 3.63) is 32.6 Å². The molecule has 0 bridgehead atoms. The summed E-state index contributed by atoms with van der Waals surface area (Å²) in [6, 6.07) is 0. The van der Waals surface area contributed by atoms with Crippen molar-refractivity contribution in [3.8, 4) is 0 Å². The summed E-state index contributed by atoms with van der Waals surface area (Å²) in [4.78, 5) is 39.1. The van der Waals surface area contributed by atoms with Crippen LogP contribution in [-0.4, -0.2) is 80.3 Å². The Labute approximate surface area is 206 Å². The lowest BCUT2D eigenvalue weighted by atomic mass is 10.0. The van der Waals surface area contributed by atoms with Gasteiger partial charge in [0.1, 0.15) is 18.3 Å². The third kappa shape index (κ3) is 7.11. The molecule has 11 nitrogen and oxygen atoms in total. The van der Waals surface area contributed by atoms with Crippen molar-refractivity contribution < 1.29 is 33.3 Å². The largest absolute Gasteiger partial charge is 0.466 e. The third-order valence-electron chi connectivity index (χ3n) is 6.54. The molecule has 1 aromatic heterocycles. The lowest BCUT2D eigenvalue weighted by Gasteiger charge is -2.41. The number of aromatic amines is 1. The van der Waals surface area contributed by atoms with Crippen molar-refractivity contribution in [2.45, 2.75) is 89.8 Å². The molecule has 1 aromatic rings. The molecular weight excluding hydrogens is 476 g/mol. The zero-order chi connectivity index (χ0) is 26.6. The van der Waals surface area contributed by atoms with Crippen LogP contribution in [0.2, 0.25) is 18.1 Å². The number of rotatable bonds is 11. The van der Waals surface area contributed by atoms with Gasteiger partial charge < -0.3 is 28.5 Å². The van der Waals surface area contributed by atoms with E-state index in [1.165, 1.54) is 17.9 Å². The number of aromatic nitrogens is 2. The second-order valence-electron chi connectivity index (χ2n) is 10.2. The van der Waals surface area contributed by atoms with Gasteiger partial charge in [-0.2, -0.15) is 0 Å². The summed E-state index contributed by atoms with van der Waals surface area (Å²) in [5.41, 5.74) is -0.882. The van der Waals surface area contributed by atoms with E-state index in [9.17, 15) is 19.5 Å². The van der Waals surface area contributed by atoms with Crippen LogP contribution in [0.25, 0.3) is 0 Å². The van der Waals surface area contributed by atoms with Crippen LogP contribution in [-0.2, 0) is 28.2 Å². The van der Waals surface area contributed by atoms with Crippen LogP contribution >= 0.6 is 0 Å². The third-order valence-corrected chi connectivity index (χ3v) is 11.0. The number of carbonyl (C=O) groups is 1. The van der Waals surface area contributed by atoms with Crippen molar-refractivity contribution in [1.82, 2.24) is 9.55 Å². The Morgan fingerprint density at radius 2 is 1.91 bits per heavy atom. The van der Waals surface area contributed by atoms with Crippen molar-refractivity contribution in [2.24, 2.45) is 0 Å². The Bertz CT molecular complexity index is 969. The van der Waals surface area contributed by atoms with Crippen molar-refractivity contribution >= 4 is 14.3 Å². The van der Waals surface area contributed by atoms with E-state index in [-0.39, 0.29) is 31.3 Å². The quantitative estimate of drug-likeness (QED) is 0.254. The molecule has 200 valence electrons. The molecule has 2 N–H and O–H groups in total. The minimum Gasteiger partial charge on any atom is -0.466 e.